The lowest BCUT2D eigenvalue weighted by atomic mass is 9.87. The predicted octanol–water partition coefficient (Wildman–Crippen LogP) is 3.30. The molecule has 0 radical (unpaired) electrons. The molecule has 0 aliphatic rings. The Morgan fingerprint density at radius 3 is 2.42 bits per heavy atom. The summed E-state index contributed by atoms with van der Waals surface area (Å²) < 4.78 is 5.37. The zero-order valence-electron chi connectivity index (χ0n) is 12.8. The van der Waals surface area contributed by atoms with Crippen molar-refractivity contribution < 1.29 is 9.53 Å². The molecule has 0 aliphatic carbocycles. The van der Waals surface area contributed by atoms with Gasteiger partial charge in [0.1, 0.15) is 11.3 Å². The number of aromatic nitrogens is 3. The lowest BCUT2D eigenvalue weighted by Gasteiger charge is -2.21. The Morgan fingerprint density at radius 2 is 1.95 bits per heavy atom. The minimum absolute atomic E-state index is 0.228. The van der Waals surface area contributed by atoms with Crippen LogP contribution in [0.5, 0.6) is 0 Å². The van der Waals surface area contributed by atoms with E-state index in [4.69, 9.17) is 4.74 Å². The molecule has 0 aromatic carbocycles. The molecule has 5 heteroatoms. The van der Waals surface area contributed by atoms with E-state index in [0.29, 0.717) is 11.6 Å². The van der Waals surface area contributed by atoms with Crippen molar-refractivity contribution in [2.24, 2.45) is 5.92 Å². The highest BCUT2D eigenvalue weighted by molar-refractivity contribution is 5.88. The smallest absolute Gasteiger partial charge is 0.361 e. The molecule has 0 spiro atoms. The van der Waals surface area contributed by atoms with Gasteiger partial charge in [0.15, 0.2) is 5.69 Å². The number of esters is 1. The standard InChI is InChI=1S/C14H25N3O2/c1-7-8-10(9(2)3)11-12(16-17-15-11)13(18)19-14(4,5)6/h9-10H,7-8H2,1-6H3,(H,15,16,17). The lowest BCUT2D eigenvalue weighted by Crippen LogP contribution is -2.25. The van der Waals surface area contributed by atoms with Crippen LogP contribution in [-0.2, 0) is 4.74 Å². The van der Waals surface area contributed by atoms with Gasteiger partial charge in [0.25, 0.3) is 0 Å². The molecule has 0 amide bonds. The fourth-order valence-corrected chi connectivity index (χ4v) is 2.07. The summed E-state index contributed by atoms with van der Waals surface area (Å²) in [5, 5.41) is 10.7. The molecular formula is C14H25N3O2. The Labute approximate surface area is 115 Å². The second-order valence-corrected chi connectivity index (χ2v) is 6.20. The van der Waals surface area contributed by atoms with E-state index < -0.39 is 11.6 Å². The molecule has 0 saturated carbocycles. The largest absolute Gasteiger partial charge is 0.455 e. The van der Waals surface area contributed by atoms with Crippen LogP contribution in [0.2, 0.25) is 0 Å². The maximum atomic E-state index is 12.1. The summed E-state index contributed by atoms with van der Waals surface area (Å²) >= 11 is 0. The minimum atomic E-state index is -0.522. The summed E-state index contributed by atoms with van der Waals surface area (Å²) in [6.07, 6.45) is 2.03. The highest BCUT2D eigenvalue weighted by Crippen LogP contribution is 2.29. The van der Waals surface area contributed by atoms with Crippen LogP contribution >= 0.6 is 0 Å². The van der Waals surface area contributed by atoms with Crippen LogP contribution in [0.3, 0.4) is 0 Å². The fourth-order valence-electron chi connectivity index (χ4n) is 2.07. The van der Waals surface area contributed by atoms with E-state index >= 15 is 0 Å². The number of ether oxygens (including phenoxy) is 1. The molecule has 1 unspecified atom stereocenters. The van der Waals surface area contributed by atoms with Gasteiger partial charge in [-0.3, -0.25) is 0 Å². The van der Waals surface area contributed by atoms with Crippen molar-refractivity contribution in [2.75, 3.05) is 0 Å². The van der Waals surface area contributed by atoms with Gasteiger partial charge in [0, 0.05) is 5.92 Å². The SMILES string of the molecule is CCCC(c1n[nH]nc1C(=O)OC(C)(C)C)C(C)C. The average molecular weight is 267 g/mol. The van der Waals surface area contributed by atoms with E-state index in [1.807, 2.05) is 20.8 Å². The first-order valence-electron chi connectivity index (χ1n) is 6.90. The number of aromatic amines is 1. The molecule has 0 bridgehead atoms. The molecule has 0 fully saturated rings. The van der Waals surface area contributed by atoms with E-state index in [2.05, 4.69) is 36.2 Å². The molecule has 1 N–H and O–H groups in total. The van der Waals surface area contributed by atoms with Crippen LogP contribution in [0, 0.1) is 5.92 Å². The van der Waals surface area contributed by atoms with E-state index in [0.717, 1.165) is 18.5 Å². The predicted molar refractivity (Wildman–Crippen MR) is 74.0 cm³/mol. The van der Waals surface area contributed by atoms with Gasteiger partial charge >= 0.3 is 5.97 Å². The number of nitrogens with zero attached hydrogens (tertiary/aromatic N) is 2. The number of hydrogen-bond acceptors (Lipinski definition) is 4. The van der Waals surface area contributed by atoms with Crippen LogP contribution in [0.1, 0.15) is 76.5 Å². The molecule has 1 rings (SSSR count). The third kappa shape index (κ3) is 4.33. The molecule has 0 saturated heterocycles. The molecule has 1 heterocycles. The van der Waals surface area contributed by atoms with Crippen molar-refractivity contribution >= 4 is 5.97 Å². The Bertz CT molecular complexity index is 419. The lowest BCUT2D eigenvalue weighted by molar-refractivity contribution is 0.00606. The molecule has 5 nitrogen and oxygen atoms in total. The number of carbonyl (C=O) groups is 1. The van der Waals surface area contributed by atoms with Crippen molar-refractivity contribution in [3.05, 3.63) is 11.4 Å². The van der Waals surface area contributed by atoms with Crippen LogP contribution < -0.4 is 0 Å². The van der Waals surface area contributed by atoms with Gasteiger partial charge in [-0.05, 0) is 33.1 Å². The number of rotatable bonds is 5. The van der Waals surface area contributed by atoms with E-state index in [9.17, 15) is 4.79 Å². The second-order valence-electron chi connectivity index (χ2n) is 6.20. The van der Waals surface area contributed by atoms with Gasteiger partial charge in [0.2, 0.25) is 0 Å². The van der Waals surface area contributed by atoms with Crippen molar-refractivity contribution in [2.45, 2.75) is 65.9 Å². The number of carbonyl (C=O) groups excluding carboxylic acids is 1. The van der Waals surface area contributed by atoms with Gasteiger partial charge in [-0.2, -0.15) is 10.3 Å². The van der Waals surface area contributed by atoms with Gasteiger partial charge in [-0.1, -0.05) is 27.2 Å². The van der Waals surface area contributed by atoms with Gasteiger partial charge in [0.05, 0.1) is 0 Å². The van der Waals surface area contributed by atoms with E-state index in [1.54, 1.807) is 0 Å². The van der Waals surface area contributed by atoms with Crippen LogP contribution in [0.4, 0.5) is 0 Å². The third-order valence-corrected chi connectivity index (χ3v) is 2.92. The normalized spacial score (nSPS) is 13.6. The second kappa shape index (κ2) is 6.17. The Hall–Kier alpha value is -1.39. The first-order chi connectivity index (χ1) is 8.76. The van der Waals surface area contributed by atoms with E-state index in [-0.39, 0.29) is 5.92 Å². The number of H-pyrrole nitrogens is 1. The minimum Gasteiger partial charge on any atom is -0.455 e. The number of hydrogen-bond donors (Lipinski definition) is 1. The highest BCUT2D eigenvalue weighted by Gasteiger charge is 2.28. The summed E-state index contributed by atoms with van der Waals surface area (Å²) in [5.74, 6) is 0.232. The first kappa shape index (κ1) is 15.7. The zero-order valence-corrected chi connectivity index (χ0v) is 12.8. The zero-order chi connectivity index (χ0) is 14.6. The van der Waals surface area contributed by atoms with Gasteiger partial charge in [-0.15, -0.1) is 5.10 Å². The molecule has 19 heavy (non-hydrogen) atoms. The molecule has 1 aromatic rings. The molecule has 1 aromatic heterocycles. The fraction of sp³-hybridized carbons (Fsp3) is 0.786. The molecule has 0 aliphatic heterocycles. The summed E-state index contributed by atoms with van der Waals surface area (Å²) in [7, 11) is 0. The van der Waals surface area contributed by atoms with Crippen molar-refractivity contribution in [1.82, 2.24) is 15.4 Å². The third-order valence-electron chi connectivity index (χ3n) is 2.92. The van der Waals surface area contributed by atoms with Crippen LogP contribution in [0.15, 0.2) is 0 Å². The Kier molecular flexibility index (Phi) is 5.09. The van der Waals surface area contributed by atoms with Crippen LogP contribution in [0.25, 0.3) is 0 Å². The molecule has 108 valence electrons. The summed E-state index contributed by atoms with van der Waals surface area (Å²) in [5.41, 5.74) is 0.527. The summed E-state index contributed by atoms with van der Waals surface area (Å²) in [6, 6.07) is 0. The first-order valence-corrected chi connectivity index (χ1v) is 6.90. The topological polar surface area (TPSA) is 67.9 Å². The quantitative estimate of drug-likeness (QED) is 0.831. The van der Waals surface area contributed by atoms with Crippen molar-refractivity contribution in [3.63, 3.8) is 0 Å². The maximum absolute atomic E-state index is 12.1. The number of nitrogens with one attached hydrogen (secondary N) is 1. The summed E-state index contributed by atoms with van der Waals surface area (Å²) in [4.78, 5) is 12.1. The summed E-state index contributed by atoms with van der Waals surface area (Å²) in [6.45, 7) is 11.9. The van der Waals surface area contributed by atoms with Gasteiger partial charge in [-0.25, -0.2) is 4.79 Å². The molecule has 1 atom stereocenters. The van der Waals surface area contributed by atoms with Crippen LogP contribution in [-0.4, -0.2) is 27.0 Å². The maximum Gasteiger partial charge on any atom is 0.361 e. The molecular weight excluding hydrogens is 242 g/mol. The van der Waals surface area contributed by atoms with Crippen molar-refractivity contribution in [3.8, 4) is 0 Å². The monoisotopic (exact) mass is 267 g/mol. The Balaban J connectivity index is 2.99. The average Bonchev–Trinajstić information content (AvgIpc) is 2.71. The van der Waals surface area contributed by atoms with Gasteiger partial charge < -0.3 is 4.74 Å². The van der Waals surface area contributed by atoms with Crippen molar-refractivity contribution in [1.29, 1.82) is 0 Å². The highest BCUT2D eigenvalue weighted by atomic mass is 16.6. The Morgan fingerprint density at radius 1 is 1.32 bits per heavy atom. The van der Waals surface area contributed by atoms with E-state index in [1.165, 1.54) is 0 Å².